The largest absolute Gasteiger partial charge is 0.462 e. The van der Waals surface area contributed by atoms with E-state index in [0.29, 0.717) is 18.1 Å². The summed E-state index contributed by atoms with van der Waals surface area (Å²) in [5.41, 5.74) is 0. The number of halogens is 3. The zero-order chi connectivity index (χ0) is 15.1. The van der Waals surface area contributed by atoms with Crippen LogP contribution in [-0.2, 0) is 9.53 Å². The maximum absolute atomic E-state index is 12.0. The van der Waals surface area contributed by atoms with E-state index in [0.717, 1.165) is 0 Å². The molecule has 0 heterocycles. The zero-order valence-corrected chi connectivity index (χ0v) is 12.7. The van der Waals surface area contributed by atoms with Gasteiger partial charge in [0.05, 0.1) is 6.10 Å². The molecule has 0 rings (SSSR count). The van der Waals surface area contributed by atoms with Gasteiger partial charge in [0.2, 0.25) is 0 Å². The van der Waals surface area contributed by atoms with E-state index in [9.17, 15) is 18.0 Å². The van der Waals surface area contributed by atoms with Crippen molar-refractivity contribution >= 4 is 17.7 Å². The molecule has 0 N–H and O–H groups in total. The standard InChI is InChI=1S/C13H23F3O2S/c1-9(2)8-11(12(17)18-10(3)4)19-7-5-6-13(14,15)16/h9-11H,5-8H2,1-4H3. The summed E-state index contributed by atoms with van der Waals surface area (Å²) in [4.78, 5) is 11.8. The molecule has 114 valence electrons. The van der Waals surface area contributed by atoms with Crippen LogP contribution in [-0.4, -0.2) is 29.3 Å². The SMILES string of the molecule is CC(C)CC(SCCCC(F)(F)F)C(=O)OC(C)C. The van der Waals surface area contributed by atoms with Gasteiger partial charge in [-0.3, -0.25) is 4.79 Å². The van der Waals surface area contributed by atoms with E-state index in [1.54, 1.807) is 13.8 Å². The number of ether oxygens (including phenoxy) is 1. The summed E-state index contributed by atoms with van der Waals surface area (Å²) in [7, 11) is 0. The summed E-state index contributed by atoms with van der Waals surface area (Å²) in [6.07, 6.45) is -4.45. The Morgan fingerprint density at radius 3 is 2.21 bits per heavy atom. The average molecular weight is 300 g/mol. The molecule has 0 amide bonds. The second-order valence-electron chi connectivity index (χ2n) is 5.19. The quantitative estimate of drug-likeness (QED) is 0.490. The van der Waals surface area contributed by atoms with E-state index in [1.165, 1.54) is 11.8 Å². The lowest BCUT2D eigenvalue weighted by Gasteiger charge is -2.19. The van der Waals surface area contributed by atoms with E-state index in [1.807, 2.05) is 13.8 Å². The molecule has 2 nitrogen and oxygen atoms in total. The average Bonchev–Trinajstić information content (AvgIpc) is 2.19. The van der Waals surface area contributed by atoms with Gasteiger partial charge < -0.3 is 4.74 Å². The molecule has 0 aromatic rings. The van der Waals surface area contributed by atoms with Gasteiger partial charge >= 0.3 is 12.1 Å². The molecular weight excluding hydrogens is 277 g/mol. The summed E-state index contributed by atoms with van der Waals surface area (Å²) in [5, 5.41) is -0.365. The first kappa shape index (κ1) is 18.6. The summed E-state index contributed by atoms with van der Waals surface area (Å²) in [6.45, 7) is 7.48. The Bertz CT molecular complexity index is 265. The molecule has 0 saturated heterocycles. The summed E-state index contributed by atoms with van der Waals surface area (Å²) in [6, 6.07) is 0. The maximum atomic E-state index is 12.0. The Morgan fingerprint density at radius 2 is 1.79 bits per heavy atom. The number of esters is 1. The molecule has 0 aromatic carbocycles. The van der Waals surface area contributed by atoms with Crippen LogP contribution in [0.4, 0.5) is 13.2 Å². The highest BCUT2D eigenvalue weighted by atomic mass is 32.2. The summed E-state index contributed by atoms with van der Waals surface area (Å²) in [5.74, 6) is 0.310. The number of thioether (sulfide) groups is 1. The van der Waals surface area contributed by atoms with Crippen molar-refractivity contribution in [3.8, 4) is 0 Å². The minimum atomic E-state index is -4.12. The molecule has 0 saturated carbocycles. The number of hydrogen-bond donors (Lipinski definition) is 0. The molecule has 6 heteroatoms. The Labute approximate surface area is 117 Å². The van der Waals surface area contributed by atoms with Crippen LogP contribution in [0, 0.1) is 5.92 Å². The number of rotatable bonds is 8. The monoisotopic (exact) mass is 300 g/mol. The second kappa shape index (κ2) is 8.72. The minimum Gasteiger partial charge on any atom is -0.462 e. The molecule has 19 heavy (non-hydrogen) atoms. The van der Waals surface area contributed by atoms with Crippen LogP contribution in [0.15, 0.2) is 0 Å². The van der Waals surface area contributed by atoms with Crippen LogP contribution in [0.1, 0.15) is 47.0 Å². The van der Waals surface area contributed by atoms with Crippen molar-refractivity contribution in [1.29, 1.82) is 0 Å². The van der Waals surface area contributed by atoms with Gasteiger partial charge in [-0.2, -0.15) is 13.2 Å². The van der Waals surface area contributed by atoms with Gasteiger partial charge in [0.1, 0.15) is 5.25 Å². The molecule has 0 aliphatic rings. The number of hydrogen-bond acceptors (Lipinski definition) is 3. The van der Waals surface area contributed by atoms with Crippen LogP contribution < -0.4 is 0 Å². The topological polar surface area (TPSA) is 26.3 Å². The third-order valence-electron chi connectivity index (χ3n) is 2.22. The fourth-order valence-corrected chi connectivity index (χ4v) is 2.78. The van der Waals surface area contributed by atoms with Gasteiger partial charge in [-0.25, -0.2) is 0 Å². The first-order valence-electron chi connectivity index (χ1n) is 6.50. The Kier molecular flexibility index (Phi) is 8.54. The normalized spacial score (nSPS) is 13.9. The van der Waals surface area contributed by atoms with Crippen molar-refractivity contribution < 1.29 is 22.7 Å². The van der Waals surface area contributed by atoms with Gasteiger partial charge in [0.15, 0.2) is 0 Å². The highest BCUT2D eigenvalue weighted by Gasteiger charge is 2.27. The van der Waals surface area contributed by atoms with Crippen molar-refractivity contribution in [2.24, 2.45) is 5.92 Å². The van der Waals surface area contributed by atoms with E-state index >= 15 is 0 Å². The van der Waals surface area contributed by atoms with Crippen molar-refractivity contribution in [1.82, 2.24) is 0 Å². The van der Waals surface area contributed by atoms with Gasteiger partial charge in [0.25, 0.3) is 0 Å². The van der Waals surface area contributed by atoms with Crippen LogP contribution in [0.25, 0.3) is 0 Å². The highest BCUT2D eigenvalue weighted by molar-refractivity contribution is 8.00. The number of alkyl halides is 3. The Hall–Kier alpha value is -0.390. The van der Waals surface area contributed by atoms with Crippen molar-refractivity contribution in [3.05, 3.63) is 0 Å². The van der Waals surface area contributed by atoms with Gasteiger partial charge in [-0.15, -0.1) is 11.8 Å². The predicted octanol–water partition coefficient (Wildman–Crippen LogP) is 4.43. The van der Waals surface area contributed by atoms with Crippen LogP contribution >= 0.6 is 11.8 Å². The fraction of sp³-hybridized carbons (Fsp3) is 0.923. The van der Waals surface area contributed by atoms with Gasteiger partial charge in [0, 0.05) is 6.42 Å². The predicted molar refractivity (Wildman–Crippen MR) is 72.2 cm³/mol. The first-order valence-corrected chi connectivity index (χ1v) is 7.55. The second-order valence-corrected chi connectivity index (χ2v) is 6.50. The summed E-state index contributed by atoms with van der Waals surface area (Å²) >= 11 is 1.27. The summed E-state index contributed by atoms with van der Waals surface area (Å²) < 4.78 is 41.2. The van der Waals surface area contributed by atoms with E-state index < -0.39 is 12.6 Å². The Morgan fingerprint density at radius 1 is 1.21 bits per heavy atom. The highest BCUT2D eigenvalue weighted by Crippen LogP contribution is 2.26. The lowest BCUT2D eigenvalue weighted by Crippen LogP contribution is -2.25. The minimum absolute atomic E-state index is 0.0394. The molecule has 1 atom stereocenters. The smallest absolute Gasteiger partial charge is 0.389 e. The zero-order valence-electron chi connectivity index (χ0n) is 11.9. The van der Waals surface area contributed by atoms with Gasteiger partial charge in [-0.1, -0.05) is 13.8 Å². The lowest BCUT2D eigenvalue weighted by molar-refractivity contribution is -0.147. The molecule has 1 unspecified atom stereocenters. The van der Waals surface area contributed by atoms with Gasteiger partial charge in [-0.05, 0) is 38.4 Å². The number of carbonyl (C=O) groups excluding carboxylic acids is 1. The van der Waals surface area contributed by atoms with E-state index in [4.69, 9.17) is 4.74 Å². The first-order chi connectivity index (χ1) is 8.61. The molecule has 0 bridgehead atoms. The molecule has 0 aromatic heterocycles. The molecule has 0 fully saturated rings. The fourth-order valence-electron chi connectivity index (χ4n) is 1.47. The molecule has 0 aliphatic carbocycles. The maximum Gasteiger partial charge on any atom is 0.389 e. The third-order valence-corrected chi connectivity index (χ3v) is 3.54. The third kappa shape index (κ3) is 11.2. The lowest BCUT2D eigenvalue weighted by atomic mass is 10.1. The van der Waals surface area contributed by atoms with E-state index in [-0.39, 0.29) is 23.7 Å². The number of carbonyl (C=O) groups is 1. The van der Waals surface area contributed by atoms with Crippen molar-refractivity contribution in [2.45, 2.75) is 64.5 Å². The molecular formula is C13H23F3O2S. The van der Waals surface area contributed by atoms with Crippen molar-refractivity contribution in [3.63, 3.8) is 0 Å². The van der Waals surface area contributed by atoms with E-state index in [2.05, 4.69) is 0 Å². The Balaban J connectivity index is 4.17. The van der Waals surface area contributed by atoms with Crippen LogP contribution in [0.5, 0.6) is 0 Å². The molecule has 0 radical (unpaired) electrons. The molecule has 0 spiro atoms. The van der Waals surface area contributed by atoms with Crippen LogP contribution in [0.2, 0.25) is 0 Å². The van der Waals surface area contributed by atoms with Crippen molar-refractivity contribution in [2.75, 3.05) is 5.75 Å². The van der Waals surface area contributed by atoms with Crippen LogP contribution in [0.3, 0.4) is 0 Å². The molecule has 0 aliphatic heterocycles.